The maximum atomic E-state index is 12.7. The number of carbonyl (C=O) groups is 1. The van der Waals surface area contributed by atoms with E-state index in [2.05, 4.69) is 0 Å². The Morgan fingerprint density at radius 1 is 1.00 bits per heavy atom. The summed E-state index contributed by atoms with van der Waals surface area (Å²) in [5.74, 6) is 1.09. The Morgan fingerprint density at radius 3 is 2.27 bits per heavy atom. The fourth-order valence-corrected chi connectivity index (χ4v) is 3.06. The van der Waals surface area contributed by atoms with Gasteiger partial charge in [-0.25, -0.2) is 0 Å². The van der Waals surface area contributed by atoms with Crippen LogP contribution in [0.25, 0.3) is 6.08 Å². The third-order valence-electron chi connectivity index (χ3n) is 4.25. The van der Waals surface area contributed by atoms with E-state index in [0.717, 1.165) is 16.8 Å². The number of carbonyl (C=O) groups excluding carboxylic acids is 1. The zero-order chi connectivity index (χ0) is 18.8. The molecule has 0 N–H and O–H groups in total. The van der Waals surface area contributed by atoms with Crippen LogP contribution in [-0.2, 0) is 4.79 Å². The number of hydrogen-bond donors (Lipinski definition) is 0. The van der Waals surface area contributed by atoms with E-state index in [1.165, 1.54) is 4.90 Å². The van der Waals surface area contributed by atoms with Crippen LogP contribution in [0.3, 0.4) is 0 Å². The predicted octanol–water partition coefficient (Wildman–Crippen LogP) is 3.62. The van der Waals surface area contributed by atoms with Crippen molar-refractivity contribution in [3.05, 3.63) is 59.3 Å². The normalized spacial score (nSPS) is 15.8. The molecule has 26 heavy (non-hydrogen) atoms. The number of hydrogen-bond acceptors (Lipinski definition) is 4. The van der Waals surface area contributed by atoms with Crippen molar-refractivity contribution in [1.29, 1.82) is 0 Å². The average molecular weight is 368 g/mol. The molecular formula is C20H20N2O3S. The topological polar surface area (TPSA) is 42.0 Å². The number of nitrogens with zero attached hydrogens (tertiary/aromatic N) is 2. The summed E-state index contributed by atoms with van der Waals surface area (Å²) in [6.07, 6.45) is 1.81. The molecule has 0 aromatic heterocycles. The van der Waals surface area contributed by atoms with Gasteiger partial charge in [-0.05, 0) is 55.0 Å². The van der Waals surface area contributed by atoms with Crippen molar-refractivity contribution < 1.29 is 14.3 Å². The highest BCUT2D eigenvalue weighted by Crippen LogP contribution is 2.32. The van der Waals surface area contributed by atoms with E-state index < -0.39 is 0 Å². The Kier molecular flexibility index (Phi) is 4.95. The summed E-state index contributed by atoms with van der Waals surface area (Å²) < 4.78 is 10.6. The van der Waals surface area contributed by atoms with Crippen LogP contribution >= 0.6 is 12.2 Å². The molecule has 1 heterocycles. The third kappa shape index (κ3) is 3.15. The summed E-state index contributed by atoms with van der Waals surface area (Å²) >= 11 is 5.48. The summed E-state index contributed by atoms with van der Waals surface area (Å²) in [5, 5.41) is 0.450. The van der Waals surface area contributed by atoms with Crippen LogP contribution in [-0.4, -0.2) is 37.2 Å². The summed E-state index contributed by atoms with van der Waals surface area (Å²) in [4.78, 5) is 16.0. The fraction of sp³-hybridized carbons (Fsp3) is 0.200. The Morgan fingerprint density at radius 2 is 1.65 bits per heavy atom. The minimum absolute atomic E-state index is 0.148. The van der Waals surface area contributed by atoms with Crippen molar-refractivity contribution in [2.24, 2.45) is 0 Å². The highest BCUT2D eigenvalue weighted by Gasteiger charge is 2.36. The first-order valence-corrected chi connectivity index (χ1v) is 8.49. The fourth-order valence-electron chi connectivity index (χ4n) is 2.78. The highest BCUT2D eigenvalue weighted by molar-refractivity contribution is 7.80. The van der Waals surface area contributed by atoms with Gasteiger partial charge in [0.25, 0.3) is 5.91 Å². The van der Waals surface area contributed by atoms with Gasteiger partial charge in [0, 0.05) is 12.7 Å². The lowest BCUT2D eigenvalue weighted by molar-refractivity contribution is -0.121. The largest absolute Gasteiger partial charge is 0.493 e. The number of benzene rings is 2. The summed E-state index contributed by atoms with van der Waals surface area (Å²) in [6, 6.07) is 13.4. The van der Waals surface area contributed by atoms with Crippen LogP contribution < -0.4 is 14.4 Å². The van der Waals surface area contributed by atoms with Gasteiger partial charge in [0.15, 0.2) is 16.6 Å². The van der Waals surface area contributed by atoms with Crippen LogP contribution in [0.15, 0.2) is 48.2 Å². The van der Waals surface area contributed by atoms with E-state index in [0.29, 0.717) is 22.3 Å². The molecule has 6 heteroatoms. The highest BCUT2D eigenvalue weighted by atomic mass is 32.1. The molecule has 3 rings (SSSR count). The first kappa shape index (κ1) is 17.9. The third-order valence-corrected chi connectivity index (χ3v) is 4.70. The van der Waals surface area contributed by atoms with E-state index in [1.807, 2.05) is 49.4 Å². The molecule has 5 nitrogen and oxygen atoms in total. The number of rotatable bonds is 4. The van der Waals surface area contributed by atoms with Crippen LogP contribution in [0.2, 0.25) is 0 Å². The van der Waals surface area contributed by atoms with Gasteiger partial charge in [-0.2, -0.15) is 0 Å². The molecule has 0 unspecified atom stereocenters. The molecule has 134 valence electrons. The molecule has 0 aliphatic carbocycles. The summed E-state index contributed by atoms with van der Waals surface area (Å²) in [5.41, 5.74) is 3.31. The number of thiocarbonyl (C=S) groups is 1. The first-order valence-electron chi connectivity index (χ1n) is 8.08. The average Bonchev–Trinajstić information content (AvgIpc) is 2.86. The van der Waals surface area contributed by atoms with Crippen molar-refractivity contribution in [2.75, 3.05) is 26.2 Å². The SMILES string of the molecule is COc1ccc(C=C2C(=O)N(C)C(=S)N2c2ccc(C)cc2)cc1OC. The van der Waals surface area contributed by atoms with Gasteiger partial charge in [-0.3, -0.25) is 14.6 Å². The minimum atomic E-state index is -0.148. The zero-order valence-corrected chi connectivity index (χ0v) is 16.0. The minimum Gasteiger partial charge on any atom is -0.493 e. The van der Waals surface area contributed by atoms with Gasteiger partial charge in [0.1, 0.15) is 5.70 Å². The lowest BCUT2D eigenvalue weighted by Gasteiger charge is -2.19. The molecule has 1 fully saturated rings. The molecule has 1 aliphatic heterocycles. The molecule has 1 saturated heterocycles. The lowest BCUT2D eigenvalue weighted by Crippen LogP contribution is -2.29. The van der Waals surface area contributed by atoms with Crippen molar-refractivity contribution >= 4 is 35.0 Å². The van der Waals surface area contributed by atoms with Crippen LogP contribution in [0.5, 0.6) is 11.5 Å². The number of methoxy groups -OCH3 is 2. The monoisotopic (exact) mass is 368 g/mol. The Bertz CT molecular complexity index is 890. The van der Waals surface area contributed by atoms with E-state index in [-0.39, 0.29) is 5.91 Å². The van der Waals surface area contributed by atoms with Crippen LogP contribution in [0.4, 0.5) is 5.69 Å². The molecule has 0 atom stereocenters. The van der Waals surface area contributed by atoms with Gasteiger partial charge in [-0.15, -0.1) is 0 Å². The number of amides is 1. The number of anilines is 1. The smallest absolute Gasteiger partial charge is 0.276 e. The van der Waals surface area contributed by atoms with Crippen molar-refractivity contribution in [2.45, 2.75) is 6.92 Å². The standard InChI is InChI=1S/C20H20N2O3S/c1-13-5-8-15(9-6-13)22-16(19(23)21(2)20(22)26)11-14-7-10-17(24-3)18(12-14)25-4/h5-12H,1-4H3. The Balaban J connectivity index is 2.07. The van der Waals surface area contributed by atoms with Crippen LogP contribution in [0.1, 0.15) is 11.1 Å². The molecule has 0 bridgehead atoms. The summed E-state index contributed by atoms with van der Waals surface area (Å²) in [7, 11) is 4.85. The van der Waals surface area contributed by atoms with E-state index >= 15 is 0 Å². The quantitative estimate of drug-likeness (QED) is 0.609. The predicted molar refractivity (Wildman–Crippen MR) is 107 cm³/mol. The lowest BCUT2D eigenvalue weighted by atomic mass is 10.1. The second kappa shape index (κ2) is 7.17. The molecule has 0 saturated carbocycles. The van der Waals surface area contributed by atoms with E-state index in [1.54, 1.807) is 32.2 Å². The maximum absolute atomic E-state index is 12.7. The molecule has 0 radical (unpaired) electrons. The Labute approximate surface area is 158 Å². The molecule has 2 aromatic rings. The number of aryl methyl sites for hydroxylation is 1. The first-order chi connectivity index (χ1) is 12.5. The van der Waals surface area contributed by atoms with Gasteiger partial charge in [-0.1, -0.05) is 23.8 Å². The zero-order valence-electron chi connectivity index (χ0n) is 15.1. The number of ether oxygens (including phenoxy) is 2. The number of likely N-dealkylation sites (N-methyl/N-ethyl adjacent to an activating group) is 1. The van der Waals surface area contributed by atoms with E-state index in [4.69, 9.17) is 21.7 Å². The summed E-state index contributed by atoms with van der Waals surface area (Å²) in [6.45, 7) is 2.02. The van der Waals surface area contributed by atoms with Gasteiger partial charge < -0.3 is 9.47 Å². The van der Waals surface area contributed by atoms with Crippen molar-refractivity contribution in [1.82, 2.24) is 4.90 Å². The van der Waals surface area contributed by atoms with Gasteiger partial charge in [0.2, 0.25) is 0 Å². The van der Waals surface area contributed by atoms with E-state index in [9.17, 15) is 4.79 Å². The van der Waals surface area contributed by atoms with Crippen molar-refractivity contribution in [3.63, 3.8) is 0 Å². The molecule has 2 aromatic carbocycles. The molecular weight excluding hydrogens is 348 g/mol. The molecule has 0 spiro atoms. The Hall–Kier alpha value is -2.86. The second-order valence-electron chi connectivity index (χ2n) is 5.96. The second-order valence-corrected chi connectivity index (χ2v) is 6.33. The van der Waals surface area contributed by atoms with Crippen molar-refractivity contribution in [3.8, 4) is 11.5 Å². The molecule has 1 aliphatic rings. The molecule has 1 amide bonds. The maximum Gasteiger partial charge on any atom is 0.276 e. The van der Waals surface area contributed by atoms with Gasteiger partial charge >= 0.3 is 0 Å². The van der Waals surface area contributed by atoms with Gasteiger partial charge in [0.05, 0.1) is 14.2 Å². The van der Waals surface area contributed by atoms with Crippen LogP contribution in [0, 0.1) is 6.92 Å².